The summed E-state index contributed by atoms with van der Waals surface area (Å²) < 4.78 is 48.2. The Morgan fingerprint density at radius 2 is 1.85 bits per heavy atom. The highest BCUT2D eigenvalue weighted by Gasteiger charge is 2.37. The average molecular weight is 379 g/mol. The molecule has 0 radical (unpaired) electrons. The molecule has 0 spiro atoms. The second-order valence-electron chi connectivity index (χ2n) is 6.64. The lowest BCUT2D eigenvalue weighted by atomic mass is 10.1. The molecule has 0 aliphatic rings. The molecule has 2 aromatic heterocycles. The van der Waals surface area contributed by atoms with E-state index in [1.807, 2.05) is 26.8 Å². The van der Waals surface area contributed by atoms with Crippen LogP contribution in [0.1, 0.15) is 32.5 Å². The van der Waals surface area contributed by atoms with Crippen LogP contribution in [0, 0.1) is 0 Å². The quantitative estimate of drug-likeness (QED) is 0.596. The highest BCUT2D eigenvalue weighted by atomic mass is 19.4. The molecule has 1 aromatic carbocycles. The van der Waals surface area contributed by atoms with Gasteiger partial charge < -0.3 is 14.2 Å². The zero-order chi connectivity index (χ0) is 19.8. The van der Waals surface area contributed by atoms with Crippen LogP contribution in [0.15, 0.2) is 30.5 Å². The number of halogens is 3. The third kappa shape index (κ3) is 3.48. The van der Waals surface area contributed by atoms with Gasteiger partial charge in [0.2, 0.25) is 0 Å². The van der Waals surface area contributed by atoms with E-state index in [2.05, 4.69) is 9.88 Å². The Labute approximate surface area is 156 Å². The minimum absolute atomic E-state index is 0.132. The van der Waals surface area contributed by atoms with E-state index in [0.717, 1.165) is 24.0 Å². The molecule has 0 aliphatic carbocycles. The normalized spacial score (nSPS) is 13.6. The highest BCUT2D eigenvalue weighted by Crippen LogP contribution is 2.40. The number of alkyl halides is 3. The van der Waals surface area contributed by atoms with E-state index < -0.39 is 11.9 Å². The lowest BCUT2D eigenvalue weighted by Crippen LogP contribution is -2.29. The van der Waals surface area contributed by atoms with Crippen LogP contribution in [-0.4, -0.2) is 41.2 Å². The number of hydrogen-bond donors (Lipinski definition) is 0. The Bertz CT molecular complexity index is 945. The van der Waals surface area contributed by atoms with Crippen molar-refractivity contribution in [1.82, 2.24) is 14.5 Å². The predicted molar refractivity (Wildman–Crippen MR) is 101 cm³/mol. The van der Waals surface area contributed by atoms with Crippen molar-refractivity contribution in [1.29, 1.82) is 0 Å². The van der Waals surface area contributed by atoms with E-state index in [0.29, 0.717) is 17.7 Å². The Kier molecular flexibility index (Phi) is 5.33. The van der Waals surface area contributed by atoms with E-state index in [1.54, 1.807) is 29.9 Å². The maximum Gasteiger partial charge on any atom is 0.435 e. The minimum atomic E-state index is -4.52. The molecular formula is C20H24F3N3O. The van der Waals surface area contributed by atoms with Crippen molar-refractivity contribution in [2.75, 3.05) is 26.7 Å². The van der Waals surface area contributed by atoms with Gasteiger partial charge in [-0.25, -0.2) is 4.98 Å². The summed E-state index contributed by atoms with van der Waals surface area (Å²) >= 11 is 0. The van der Waals surface area contributed by atoms with Crippen molar-refractivity contribution < 1.29 is 17.9 Å². The Balaban J connectivity index is 2.35. The molecule has 3 rings (SSSR count). The average Bonchev–Trinajstić information content (AvgIpc) is 2.98. The van der Waals surface area contributed by atoms with Crippen molar-refractivity contribution >= 4 is 21.8 Å². The van der Waals surface area contributed by atoms with Gasteiger partial charge in [0.1, 0.15) is 5.75 Å². The van der Waals surface area contributed by atoms with Crippen LogP contribution in [0.4, 0.5) is 13.2 Å². The second-order valence-corrected chi connectivity index (χ2v) is 6.64. The lowest BCUT2D eigenvalue weighted by molar-refractivity contribution is -0.140. The smallest absolute Gasteiger partial charge is 0.435 e. The SMILES string of the molecule is CCN(CC)CC(C)n1c2cc(OC)ccc2c2ccnc(C(F)(F)F)c21. The van der Waals surface area contributed by atoms with Crippen molar-refractivity contribution in [3.05, 3.63) is 36.2 Å². The van der Waals surface area contributed by atoms with Crippen LogP contribution in [0.3, 0.4) is 0 Å². The van der Waals surface area contributed by atoms with Gasteiger partial charge in [-0.3, -0.25) is 0 Å². The third-order valence-corrected chi connectivity index (χ3v) is 5.05. The first-order valence-corrected chi connectivity index (χ1v) is 9.08. The standard InChI is InChI=1S/C20H24F3N3O/c1-5-25(6-2)12-13(3)26-17-11-14(27-4)7-8-15(17)16-9-10-24-19(18(16)26)20(21,22)23/h7-11,13H,5-6,12H2,1-4H3. The molecular weight excluding hydrogens is 355 g/mol. The molecule has 7 heteroatoms. The molecule has 0 bridgehead atoms. The van der Waals surface area contributed by atoms with E-state index in [9.17, 15) is 13.2 Å². The molecule has 4 nitrogen and oxygen atoms in total. The number of methoxy groups -OCH3 is 1. The van der Waals surface area contributed by atoms with Crippen LogP contribution in [0.5, 0.6) is 5.75 Å². The summed E-state index contributed by atoms with van der Waals surface area (Å²) in [6.45, 7) is 8.37. The van der Waals surface area contributed by atoms with E-state index >= 15 is 0 Å². The fourth-order valence-electron chi connectivity index (χ4n) is 3.70. The maximum atomic E-state index is 13.7. The molecule has 2 heterocycles. The molecule has 1 atom stereocenters. The van der Waals surface area contributed by atoms with Gasteiger partial charge in [-0.15, -0.1) is 0 Å². The van der Waals surface area contributed by atoms with Gasteiger partial charge in [-0.1, -0.05) is 13.8 Å². The monoisotopic (exact) mass is 379 g/mol. The van der Waals surface area contributed by atoms with Gasteiger partial charge >= 0.3 is 6.18 Å². The van der Waals surface area contributed by atoms with Crippen LogP contribution in [0.25, 0.3) is 21.8 Å². The fourth-order valence-corrected chi connectivity index (χ4v) is 3.70. The number of ether oxygens (including phenoxy) is 1. The Hall–Kier alpha value is -2.28. The van der Waals surface area contributed by atoms with Crippen LogP contribution in [-0.2, 0) is 6.18 Å². The minimum Gasteiger partial charge on any atom is -0.497 e. The first kappa shape index (κ1) is 19.5. The number of nitrogens with zero attached hydrogens (tertiary/aromatic N) is 3. The third-order valence-electron chi connectivity index (χ3n) is 5.05. The van der Waals surface area contributed by atoms with Crippen LogP contribution >= 0.6 is 0 Å². The number of rotatable bonds is 6. The Morgan fingerprint density at radius 1 is 1.15 bits per heavy atom. The molecule has 27 heavy (non-hydrogen) atoms. The van der Waals surface area contributed by atoms with E-state index in [-0.39, 0.29) is 11.6 Å². The number of likely N-dealkylation sites (N-methyl/N-ethyl adjacent to an activating group) is 1. The summed E-state index contributed by atoms with van der Waals surface area (Å²) in [7, 11) is 1.55. The van der Waals surface area contributed by atoms with Gasteiger partial charge in [0.25, 0.3) is 0 Å². The zero-order valence-corrected chi connectivity index (χ0v) is 16.0. The predicted octanol–water partition coefficient (Wildman–Crippen LogP) is 5.12. The lowest BCUT2D eigenvalue weighted by Gasteiger charge is -2.25. The molecule has 1 unspecified atom stereocenters. The van der Waals surface area contributed by atoms with Gasteiger partial charge in [0, 0.05) is 35.6 Å². The zero-order valence-electron chi connectivity index (χ0n) is 16.0. The van der Waals surface area contributed by atoms with Crippen LogP contribution < -0.4 is 4.74 Å². The Morgan fingerprint density at radius 3 is 2.44 bits per heavy atom. The van der Waals surface area contributed by atoms with Gasteiger partial charge in [-0.2, -0.15) is 13.2 Å². The molecule has 0 amide bonds. The highest BCUT2D eigenvalue weighted by molar-refractivity contribution is 6.09. The van der Waals surface area contributed by atoms with Gasteiger partial charge in [0.05, 0.1) is 18.1 Å². The number of hydrogen-bond acceptors (Lipinski definition) is 3. The largest absolute Gasteiger partial charge is 0.497 e. The van der Waals surface area contributed by atoms with Crippen molar-refractivity contribution in [2.24, 2.45) is 0 Å². The summed E-state index contributed by atoms with van der Waals surface area (Å²) in [5.74, 6) is 0.614. The first-order chi connectivity index (χ1) is 12.8. The maximum absolute atomic E-state index is 13.7. The van der Waals surface area contributed by atoms with Crippen molar-refractivity contribution in [2.45, 2.75) is 33.0 Å². The van der Waals surface area contributed by atoms with Gasteiger partial charge in [0.15, 0.2) is 5.69 Å². The van der Waals surface area contributed by atoms with E-state index in [4.69, 9.17) is 4.74 Å². The fraction of sp³-hybridized carbons (Fsp3) is 0.450. The molecule has 3 aromatic rings. The molecule has 0 saturated heterocycles. The molecule has 0 fully saturated rings. The van der Waals surface area contributed by atoms with Gasteiger partial charge in [-0.05, 0) is 38.2 Å². The number of fused-ring (bicyclic) bond motifs is 3. The first-order valence-electron chi connectivity index (χ1n) is 9.08. The summed E-state index contributed by atoms with van der Waals surface area (Å²) in [6, 6.07) is 6.88. The molecule has 0 aliphatic heterocycles. The summed E-state index contributed by atoms with van der Waals surface area (Å²) in [5, 5.41) is 1.33. The summed E-state index contributed by atoms with van der Waals surface area (Å²) in [6.07, 6.45) is -3.29. The molecule has 0 N–H and O–H groups in total. The van der Waals surface area contributed by atoms with Crippen LogP contribution in [0.2, 0.25) is 0 Å². The molecule has 146 valence electrons. The number of aromatic nitrogens is 2. The second kappa shape index (κ2) is 7.38. The number of benzene rings is 1. The summed E-state index contributed by atoms with van der Waals surface area (Å²) in [4.78, 5) is 5.89. The molecule has 0 saturated carbocycles. The van der Waals surface area contributed by atoms with Crippen molar-refractivity contribution in [3.8, 4) is 5.75 Å². The number of pyridine rings is 1. The topological polar surface area (TPSA) is 30.3 Å². The summed E-state index contributed by atoms with van der Waals surface area (Å²) in [5.41, 5.74) is 0.0111. The van der Waals surface area contributed by atoms with Crippen molar-refractivity contribution in [3.63, 3.8) is 0 Å². The van der Waals surface area contributed by atoms with E-state index in [1.165, 1.54) is 6.20 Å².